The molecule has 4 aromatic rings. The Balaban J connectivity index is 1.28. The van der Waals surface area contributed by atoms with Crippen LogP contribution in [0.25, 0.3) is 21.3 Å². The van der Waals surface area contributed by atoms with Crippen LogP contribution in [0.2, 0.25) is 0 Å². The molecule has 8 heteroatoms. The van der Waals surface area contributed by atoms with Crippen molar-refractivity contribution in [2.24, 2.45) is 5.92 Å². The van der Waals surface area contributed by atoms with Crippen molar-refractivity contribution in [3.8, 4) is 11.5 Å². The minimum absolute atomic E-state index is 0.0815. The van der Waals surface area contributed by atoms with E-state index in [1.807, 2.05) is 35.2 Å². The Labute approximate surface area is 183 Å². The number of oxazole rings is 1. The average Bonchev–Trinajstić information content (AvgIpc) is 3.15. The first-order chi connectivity index (χ1) is 15.1. The summed E-state index contributed by atoms with van der Waals surface area (Å²) in [6.45, 7) is 3.82. The Morgan fingerprint density at radius 2 is 2.13 bits per heavy atom. The van der Waals surface area contributed by atoms with Gasteiger partial charge in [0.05, 0.1) is 15.1 Å². The molecule has 158 valence electrons. The first kappa shape index (κ1) is 18.6. The van der Waals surface area contributed by atoms with Gasteiger partial charge in [-0.1, -0.05) is 6.92 Å². The van der Waals surface area contributed by atoms with Crippen molar-refractivity contribution in [3.63, 3.8) is 0 Å². The number of carbonyl (C=O) groups is 1. The lowest BCUT2D eigenvalue weighted by Gasteiger charge is -2.14. The van der Waals surface area contributed by atoms with Gasteiger partial charge in [0, 0.05) is 37.5 Å². The number of hydrogen-bond acceptors (Lipinski definition) is 7. The Morgan fingerprint density at radius 3 is 2.94 bits per heavy atom. The molecule has 0 bridgehead atoms. The molecule has 0 spiro atoms. The van der Waals surface area contributed by atoms with E-state index in [0.717, 1.165) is 53.7 Å². The molecule has 1 saturated carbocycles. The zero-order valence-electron chi connectivity index (χ0n) is 17.1. The number of ether oxygens (including phenoxy) is 1. The minimum Gasteiger partial charge on any atom is -0.456 e. The van der Waals surface area contributed by atoms with E-state index in [1.165, 1.54) is 11.3 Å². The summed E-state index contributed by atoms with van der Waals surface area (Å²) in [5, 5.41) is 3.28. The lowest BCUT2D eigenvalue weighted by atomic mass is 10.2. The smallest absolute Gasteiger partial charge is 0.295 e. The summed E-state index contributed by atoms with van der Waals surface area (Å²) < 4.78 is 12.8. The van der Waals surface area contributed by atoms with Crippen molar-refractivity contribution in [2.45, 2.75) is 32.2 Å². The SMILES string of the molecule is C[C@H]1CCN(C(=O)c2cc3nccc(Oc4ccc5oc(NC6CC6)nc5c4)c3s2)C1. The molecule has 0 radical (unpaired) electrons. The largest absolute Gasteiger partial charge is 0.456 e. The highest BCUT2D eigenvalue weighted by Gasteiger charge is 2.26. The number of aromatic nitrogens is 2. The molecule has 1 aliphatic heterocycles. The number of amides is 1. The van der Waals surface area contributed by atoms with Crippen LogP contribution in [0.3, 0.4) is 0 Å². The van der Waals surface area contributed by atoms with E-state index in [1.54, 1.807) is 6.20 Å². The predicted molar refractivity (Wildman–Crippen MR) is 120 cm³/mol. The summed E-state index contributed by atoms with van der Waals surface area (Å²) in [4.78, 5) is 24.5. The fraction of sp³-hybridized carbons (Fsp3) is 0.348. The van der Waals surface area contributed by atoms with E-state index in [4.69, 9.17) is 9.15 Å². The first-order valence-corrected chi connectivity index (χ1v) is 11.5. The van der Waals surface area contributed by atoms with Crippen LogP contribution < -0.4 is 10.1 Å². The van der Waals surface area contributed by atoms with Crippen LogP contribution in [0.4, 0.5) is 6.01 Å². The Bertz CT molecular complexity index is 1290. The number of likely N-dealkylation sites (tertiary alicyclic amines) is 1. The van der Waals surface area contributed by atoms with Gasteiger partial charge in [-0.25, -0.2) is 0 Å². The number of pyridine rings is 1. The minimum atomic E-state index is 0.0815. The summed E-state index contributed by atoms with van der Waals surface area (Å²) in [5.41, 5.74) is 2.24. The second-order valence-corrected chi connectivity index (χ2v) is 9.50. The number of thiophene rings is 1. The number of anilines is 1. The lowest BCUT2D eigenvalue weighted by molar-refractivity contribution is 0.0793. The fourth-order valence-corrected chi connectivity index (χ4v) is 4.97. The quantitative estimate of drug-likeness (QED) is 0.460. The summed E-state index contributed by atoms with van der Waals surface area (Å²) >= 11 is 1.44. The van der Waals surface area contributed by atoms with E-state index in [2.05, 4.69) is 22.2 Å². The summed E-state index contributed by atoms with van der Waals surface area (Å²) in [6, 6.07) is 10.3. The van der Waals surface area contributed by atoms with Gasteiger partial charge in [0.2, 0.25) is 0 Å². The van der Waals surface area contributed by atoms with Crippen LogP contribution >= 0.6 is 11.3 Å². The van der Waals surface area contributed by atoms with Gasteiger partial charge in [0.1, 0.15) is 17.0 Å². The molecule has 1 N–H and O–H groups in total. The van der Waals surface area contributed by atoms with Gasteiger partial charge in [-0.3, -0.25) is 9.78 Å². The molecular formula is C23H22N4O3S. The highest BCUT2D eigenvalue weighted by Crippen LogP contribution is 2.37. The normalized spacial score (nSPS) is 18.7. The fourth-order valence-electron chi connectivity index (χ4n) is 3.94. The number of benzene rings is 1. The highest BCUT2D eigenvalue weighted by molar-refractivity contribution is 7.21. The summed E-state index contributed by atoms with van der Waals surface area (Å²) in [7, 11) is 0. The second kappa shape index (κ2) is 7.23. The van der Waals surface area contributed by atoms with Crippen LogP contribution in [0.5, 0.6) is 11.5 Å². The second-order valence-electron chi connectivity index (χ2n) is 8.45. The summed E-state index contributed by atoms with van der Waals surface area (Å²) in [6.07, 6.45) is 5.09. The third-order valence-corrected chi connectivity index (χ3v) is 6.92. The molecule has 1 aromatic carbocycles. The Morgan fingerprint density at radius 1 is 1.23 bits per heavy atom. The highest BCUT2D eigenvalue weighted by atomic mass is 32.1. The zero-order valence-corrected chi connectivity index (χ0v) is 17.9. The van der Waals surface area contributed by atoms with Crippen molar-refractivity contribution >= 4 is 44.6 Å². The van der Waals surface area contributed by atoms with Crippen LogP contribution in [0, 0.1) is 5.92 Å². The molecule has 1 amide bonds. The number of carbonyl (C=O) groups excluding carboxylic acids is 1. The van der Waals surface area contributed by atoms with Crippen molar-refractivity contribution in [1.29, 1.82) is 0 Å². The molecule has 1 aliphatic carbocycles. The topological polar surface area (TPSA) is 80.5 Å². The van der Waals surface area contributed by atoms with Crippen LogP contribution in [0.15, 0.2) is 40.9 Å². The predicted octanol–water partition coefficient (Wildman–Crippen LogP) is 5.29. The van der Waals surface area contributed by atoms with E-state index in [9.17, 15) is 4.79 Å². The van der Waals surface area contributed by atoms with Crippen LogP contribution in [-0.2, 0) is 0 Å². The molecule has 0 unspecified atom stereocenters. The summed E-state index contributed by atoms with van der Waals surface area (Å²) in [5.74, 6) is 1.99. The van der Waals surface area contributed by atoms with E-state index < -0.39 is 0 Å². The van der Waals surface area contributed by atoms with E-state index in [0.29, 0.717) is 34.4 Å². The molecule has 31 heavy (non-hydrogen) atoms. The molecule has 2 fully saturated rings. The van der Waals surface area contributed by atoms with Gasteiger partial charge in [0.25, 0.3) is 11.9 Å². The third kappa shape index (κ3) is 3.61. The monoisotopic (exact) mass is 434 g/mol. The number of nitrogens with one attached hydrogen (secondary N) is 1. The molecule has 2 aliphatic rings. The Hall–Kier alpha value is -3.13. The molecule has 6 rings (SSSR count). The molecule has 3 aromatic heterocycles. The number of rotatable bonds is 5. The third-order valence-electron chi connectivity index (χ3n) is 5.79. The van der Waals surface area contributed by atoms with Gasteiger partial charge in [-0.05, 0) is 43.4 Å². The van der Waals surface area contributed by atoms with E-state index in [-0.39, 0.29) is 5.91 Å². The number of fused-ring (bicyclic) bond motifs is 2. The van der Waals surface area contributed by atoms with Gasteiger partial charge in [0.15, 0.2) is 5.58 Å². The molecule has 1 saturated heterocycles. The molecule has 1 atom stereocenters. The van der Waals surface area contributed by atoms with Crippen molar-refractivity contribution < 1.29 is 13.9 Å². The van der Waals surface area contributed by atoms with Gasteiger partial charge in [-0.2, -0.15) is 4.98 Å². The van der Waals surface area contributed by atoms with Crippen LogP contribution in [0.1, 0.15) is 35.9 Å². The average molecular weight is 435 g/mol. The van der Waals surface area contributed by atoms with Crippen LogP contribution in [-0.4, -0.2) is 39.9 Å². The van der Waals surface area contributed by atoms with Gasteiger partial charge >= 0.3 is 0 Å². The maximum Gasteiger partial charge on any atom is 0.295 e. The number of nitrogens with zero attached hydrogens (tertiary/aromatic N) is 3. The van der Waals surface area contributed by atoms with Crippen molar-refractivity contribution in [3.05, 3.63) is 41.4 Å². The van der Waals surface area contributed by atoms with Crippen molar-refractivity contribution in [2.75, 3.05) is 18.4 Å². The van der Waals surface area contributed by atoms with Gasteiger partial charge in [-0.15, -0.1) is 11.3 Å². The van der Waals surface area contributed by atoms with Gasteiger partial charge < -0.3 is 19.4 Å². The zero-order chi connectivity index (χ0) is 20.9. The molecule has 4 heterocycles. The van der Waals surface area contributed by atoms with Crippen molar-refractivity contribution in [1.82, 2.24) is 14.9 Å². The Kier molecular flexibility index (Phi) is 4.34. The first-order valence-electron chi connectivity index (χ1n) is 10.7. The standard InChI is InChI=1S/C23H22N4O3S/c1-13-7-9-27(12-13)22(28)20-11-17-21(31-20)19(6-8-24-17)29-15-4-5-18-16(10-15)26-23(30-18)25-14-2-3-14/h4-6,8,10-11,13-14H,2-3,7,9,12H2,1H3,(H,25,26)/t13-/m0/s1. The number of hydrogen-bond donors (Lipinski definition) is 1. The maximum atomic E-state index is 12.9. The maximum absolute atomic E-state index is 12.9. The molecule has 7 nitrogen and oxygen atoms in total. The lowest BCUT2D eigenvalue weighted by Crippen LogP contribution is -2.27. The molecular weight excluding hydrogens is 412 g/mol. The van der Waals surface area contributed by atoms with E-state index >= 15 is 0 Å².